The van der Waals surface area contributed by atoms with Gasteiger partial charge >= 0.3 is 18.1 Å². The third-order valence-corrected chi connectivity index (χ3v) is 4.71. The summed E-state index contributed by atoms with van der Waals surface area (Å²) >= 11 is 0. The van der Waals surface area contributed by atoms with Crippen molar-refractivity contribution >= 4 is 18.1 Å². The van der Waals surface area contributed by atoms with Gasteiger partial charge in [0.25, 0.3) is 0 Å². The van der Waals surface area contributed by atoms with E-state index in [4.69, 9.17) is 9.47 Å². The molecule has 1 N–H and O–H groups in total. The zero-order valence-corrected chi connectivity index (χ0v) is 17.2. The minimum atomic E-state index is -1.05. The fourth-order valence-corrected chi connectivity index (χ4v) is 3.61. The number of amides is 3. The van der Waals surface area contributed by atoms with Crippen LogP contribution in [-0.2, 0) is 14.3 Å². The highest BCUT2D eigenvalue weighted by Crippen LogP contribution is 2.37. The van der Waals surface area contributed by atoms with Crippen molar-refractivity contribution in [1.29, 1.82) is 0 Å². The number of hydrogen-bond acceptors (Lipinski definition) is 5. The number of carbonyl (C=O) groups is 3. The van der Waals surface area contributed by atoms with Crippen molar-refractivity contribution in [3.63, 3.8) is 0 Å². The lowest BCUT2D eigenvalue weighted by molar-refractivity contribution is -0.174. The highest BCUT2D eigenvalue weighted by Gasteiger charge is 2.58. The van der Waals surface area contributed by atoms with Crippen LogP contribution in [0.3, 0.4) is 0 Å². The fraction of sp³-hybridized carbons (Fsp3) is 0.833. The predicted molar refractivity (Wildman–Crippen MR) is 97.2 cm³/mol. The molecule has 154 valence electrons. The molecular weight excluding hydrogens is 354 g/mol. The first kappa shape index (κ1) is 21.3. The number of carboxylic acids is 1. The highest BCUT2D eigenvalue weighted by atomic mass is 16.6. The van der Waals surface area contributed by atoms with Crippen molar-refractivity contribution in [3.8, 4) is 0 Å². The van der Waals surface area contributed by atoms with Crippen molar-refractivity contribution in [2.45, 2.75) is 65.0 Å². The molecule has 2 fully saturated rings. The molecular formula is C18H31N3O6. The lowest BCUT2D eigenvalue weighted by Gasteiger charge is -2.51. The Kier molecular flexibility index (Phi) is 5.66. The molecule has 2 saturated heterocycles. The second-order valence-electron chi connectivity index (χ2n) is 8.74. The second kappa shape index (κ2) is 7.18. The minimum absolute atomic E-state index is 0.200. The van der Waals surface area contributed by atoms with Crippen molar-refractivity contribution in [1.82, 2.24) is 14.7 Å². The van der Waals surface area contributed by atoms with Gasteiger partial charge < -0.3 is 19.5 Å². The summed E-state index contributed by atoms with van der Waals surface area (Å²) in [5.74, 6) is -1.29. The molecule has 0 radical (unpaired) electrons. The van der Waals surface area contributed by atoms with Crippen molar-refractivity contribution in [2.24, 2.45) is 5.92 Å². The normalized spacial score (nSPS) is 22.6. The van der Waals surface area contributed by atoms with Crippen LogP contribution in [0.5, 0.6) is 0 Å². The summed E-state index contributed by atoms with van der Waals surface area (Å²) in [4.78, 5) is 41.1. The lowest BCUT2D eigenvalue weighted by atomic mass is 10.0. The van der Waals surface area contributed by atoms with E-state index in [1.165, 1.54) is 21.7 Å². The van der Waals surface area contributed by atoms with Gasteiger partial charge in [-0.25, -0.2) is 14.4 Å². The summed E-state index contributed by atoms with van der Waals surface area (Å²) < 4.78 is 11.3. The van der Waals surface area contributed by atoms with Gasteiger partial charge in [0.2, 0.25) is 0 Å². The molecule has 9 heteroatoms. The van der Waals surface area contributed by atoms with Gasteiger partial charge in [0.15, 0.2) is 5.72 Å². The molecule has 0 unspecified atom stereocenters. The van der Waals surface area contributed by atoms with Gasteiger partial charge in [0.05, 0.1) is 25.7 Å². The Morgan fingerprint density at radius 3 is 2.26 bits per heavy atom. The number of hydrogen-bond donors (Lipinski definition) is 1. The van der Waals surface area contributed by atoms with Crippen LogP contribution in [0.1, 0.15) is 41.5 Å². The van der Waals surface area contributed by atoms with E-state index in [-0.39, 0.29) is 25.1 Å². The molecule has 27 heavy (non-hydrogen) atoms. The van der Waals surface area contributed by atoms with Gasteiger partial charge in [-0.2, -0.15) is 0 Å². The average molecular weight is 385 g/mol. The topological polar surface area (TPSA) is 99.6 Å². The smallest absolute Gasteiger partial charge is 0.410 e. The quantitative estimate of drug-likeness (QED) is 0.795. The van der Waals surface area contributed by atoms with Gasteiger partial charge in [-0.1, -0.05) is 13.8 Å². The molecule has 9 nitrogen and oxygen atoms in total. The van der Waals surface area contributed by atoms with Gasteiger partial charge in [-0.05, 0) is 33.6 Å². The summed E-state index contributed by atoms with van der Waals surface area (Å²) in [5, 5.41) is 9.47. The number of nitrogens with zero attached hydrogens (tertiary/aromatic N) is 3. The SMILES string of the molecule is CC(C)[C@@H](C(=O)O)N(C)C(=O)N1C[C@H](C)OC12CN(C(=O)OC(C)(C)C)C2. The third-order valence-electron chi connectivity index (χ3n) is 4.71. The Labute approximate surface area is 160 Å². The van der Waals surface area contributed by atoms with E-state index in [9.17, 15) is 19.5 Å². The zero-order chi connectivity index (χ0) is 20.7. The summed E-state index contributed by atoms with van der Waals surface area (Å²) in [7, 11) is 1.49. The number of urea groups is 1. The summed E-state index contributed by atoms with van der Waals surface area (Å²) in [6, 6.07) is -1.35. The zero-order valence-electron chi connectivity index (χ0n) is 17.2. The number of likely N-dealkylation sites (N-methyl/N-ethyl adjacent to an activating group) is 1. The Bertz CT molecular complexity index is 609. The van der Waals surface area contributed by atoms with E-state index in [1.807, 2.05) is 6.92 Å². The first-order valence-corrected chi connectivity index (χ1v) is 9.20. The lowest BCUT2D eigenvalue weighted by Crippen LogP contribution is -2.72. The number of rotatable bonds is 3. The maximum atomic E-state index is 13.0. The number of ether oxygens (including phenoxy) is 2. The van der Waals surface area contributed by atoms with Gasteiger partial charge in [0.1, 0.15) is 11.6 Å². The van der Waals surface area contributed by atoms with Gasteiger partial charge in [-0.15, -0.1) is 0 Å². The number of carboxylic acid groups (broad SMARTS) is 1. The van der Waals surface area contributed by atoms with Gasteiger partial charge in [-0.3, -0.25) is 9.80 Å². The number of likely N-dealkylation sites (tertiary alicyclic amines) is 1. The van der Waals surface area contributed by atoms with Crippen molar-refractivity contribution in [2.75, 3.05) is 26.7 Å². The van der Waals surface area contributed by atoms with E-state index in [1.54, 1.807) is 34.6 Å². The Hall–Kier alpha value is -2.03. The number of carbonyl (C=O) groups excluding carboxylic acids is 2. The molecule has 0 aromatic heterocycles. The first-order chi connectivity index (χ1) is 12.3. The maximum Gasteiger partial charge on any atom is 0.410 e. The average Bonchev–Trinajstić information content (AvgIpc) is 2.79. The standard InChI is InChI=1S/C18H31N3O6/c1-11(2)13(14(22)23)19(7)15(24)21-8-12(3)26-18(21)9-20(10-18)16(25)27-17(4,5)6/h11-13H,8-10H2,1-7H3,(H,22,23)/t12-,13-/m0/s1. The fourth-order valence-electron chi connectivity index (χ4n) is 3.61. The van der Waals surface area contributed by atoms with Crippen LogP contribution in [0, 0.1) is 5.92 Å². The predicted octanol–water partition coefficient (Wildman–Crippen LogP) is 1.82. The van der Waals surface area contributed by atoms with Crippen LogP contribution in [0.15, 0.2) is 0 Å². The summed E-state index contributed by atoms with van der Waals surface area (Å²) in [6.45, 7) is 11.5. The van der Waals surface area contributed by atoms with Crippen LogP contribution in [0.2, 0.25) is 0 Å². The van der Waals surface area contributed by atoms with Crippen LogP contribution in [0.25, 0.3) is 0 Å². The maximum absolute atomic E-state index is 13.0. The van der Waals surface area contributed by atoms with Crippen LogP contribution in [-0.4, -0.2) is 88.1 Å². The molecule has 0 bridgehead atoms. The second-order valence-corrected chi connectivity index (χ2v) is 8.74. The molecule has 0 aromatic rings. The molecule has 2 rings (SSSR count). The van der Waals surface area contributed by atoms with E-state index >= 15 is 0 Å². The van der Waals surface area contributed by atoms with E-state index < -0.39 is 35.5 Å². The molecule has 0 aromatic carbocycles. The molecule has 2 aliphatic heterocycles. The monoisotopic (exact) mass is 385 g/mol. The molecule has 2 aliphatic rings. The Morgan fingerprint density at radius 1 is 1.26 bits per heavy atom. The van der Waals surface area contributed by atoms with Crippen molar-refractivity contribution in [3.05, 3.63) is 0 Å². The summed E-state index contributed by atoms with van der Waals surface area (Å²) in [6.07, 6.45) is -0.659. The highest BCUT2D eigenvalue weighted by molar-refractivity contribution is 5.83. The molecule has 2 atom stereocenters. The van der Waals surface area contributed by atoms with E-state index in [0.717, 1.165) is 0 Å². The van der Waals surface area contributed by atoms with Crippen molar-refractivity contribution < 1.29 is 29.0 Å². The van der Waals surface area contributed by atoms with Crippen LogP contribution in [0.4, 0.5) is 9.59 Å². The molecule has 3 amide bonds. The summed E-state index contributed by atoms with van der Waals surface area (Å²) in [5.41, 5.74) is -1.53. The molecule has 2 heterocycles. The first-order valence-electron chi connectivity index (χ1n) is 9.20. The Morgan fingerprint density at radius 2 is 1.81 bits per heavy atom. The van der Waals surface area contributed by atoms with E-state index in [2.05, 4.69) is 0 Å². The van der Waals surface area contributed by atoms with E-state index in [0.29, 0.717) is 6.54 Å². The third kappa shape index (κ3) is 4.28. The largest absolute Gasteiger partial charge is 0.480 e. The van der Waals surface area contributed by atoms with Gasteiger partial charge in [0, 0.05) is 7.05 Å². The molecule has 0 saturated carbocycles. The number of aliphatic carboxylic acids is 1. The Balaban J connectivity index is 2.12. The minimum Gasteiger partial charge on any atom is -0.480 e. The van der Waals surface area contributed by atoms with Crippen LogP contribution >= 0.6 is 0 Å². The molecule has 0 aliphatic carbocycles. The van der Waals surface area contributed by atoms with Crippen LogP contribution < -0.4 is 0 Å². The molecule has 1 spiro atoms.